The first-order valence-electron chi connectivity index (χ1n) is 13.0. The number of rotatable bonds is 5. The van der Waals surface area contributed by atoms with Crippen LogP contribution in [0.1, 0.15) is 45.2 Å². The monoisotopic (exact) mass is 492 g/mol. The predicted molar refractivity (Wildman–Crippen MR) is 134 cm³/mol. The van der Waals surface area contributed by atoms with Crippen LogP contribution >= 0.6 is 0 Å². The molecule has 1 N–H and O–H groups in total. The number of fused-ring (bicyclic) bond motifs is 2. The summed E-state index contributed by atoms with van der Waals surface area (Å²) in [4.78, 5) is 29.2. The van der Waals surface area contributed by atoms with E-state index in [1.54, 1.807) is 19.2 Å². The number of cyclic esters (lactones) is 1. The lowest BCUT2D eigenvalue weighted by Gasteiger charge is -2.47. The van der Waals surface area contributed by atoms with E-state index in [2.05, 4.69) is 16.4 Å². The minimum absolute atomic E-state index is 0.0679. The SMILES string of the molecule is CCOC(=O)N[C@H]1CC[C@H]2[C@H](C1)C[C@H]1C(=O)O[C@@H](C)[C@@H]1[C@@H]2/C=C/c1ccc(-c2cccc(F)c2)cn1. The highest BCUT2D eigenvalue weighted by Crippen LogP contribution is 2.53. The van der Waals surface area contributed by atoms with E-state index >= 15 is 0 Å². The summed E-state index contributed by atoms with van der Waals surface area (Å²) in [5, 5.41) is 3.00. The fraction of sp³-hybridized carbons (Fsp3) is 0.483. The zero-order valence-corrected chi connectivity index (χ0v) is 20.7. The number of nitrogens with zero attached hydrogens (tertiary/aromatic N) is 1. The Labute approximate surface area is 211 Å². The molecular weight excluding hydrogens is 459 g/mol. The molecule has 3 fully saturated rings. The normalized spacial score (nSPS) is 31.4. The number of pyridine rings is 1. The Hall–Kier alpha value is -3.22. The minimum Gasteiger partial charge on any atom is -0.462 e. The number of carbonyl (C=O) groups is 2. The summed E-state index contributed by atoms with van der Waals surface area (Å²) in [6, 6.07) is 10.4. The third-order valence-electron chi connectivity index (χ3n) is 8.18. The summed E-state index contributed by atoms with van der Waals surface area (Å²) in [6.45, 7) is 4.15. The van der Waals surface area contributed by atoms with Gasteiger partial charge in [-0.2, -0.15) is 0 Å². The maximum absolute atomic E-state index is 13.6. The summed E-state index contributed by atoms with van der Waals surface area (Å²) in [6.07, 6.45) is 9.07. The van der Waals surface area contributed by atoms with E-state index in [0.717, 1.165) is 42.5 Å². The third-order valence-corrected chi connectivity index (χ3v) is 8.18. The highest BCUT2D eigenvalue weighted by Gasteiger charge is 2.54. The quantitative estimate of drug-likeness (QED) is 0.548. The van der Waals surface area contributed by atoms with Gasteiger partial charge in [0.1, 0.15) is 11.9 Å². The zero-order chi connectivity index (χ0) is 25.2. The fourth-order valence-electron chi connectivity index (χ4n) is 6.64. The fourth-order valence-corrected chi connectivity index (χ4v) is 6.64. The van der Waals surface area contributed by atoms with Gasteiger partial charge in [0.05, 0.1) is 18.2 Å². The number of benzene rings is 1. The first-order valence-corrected chi connectivity index (χ1v) is 13.0. The molecule has 1 amide bonds. The second kappa shape index (κ2) is 10.4. The molecule has 0 unspecified atom stereocenters. The number of halogens is 1. The van der Waals surface area contributed by atoms with E-state index in [4.69, 9.17) is 9.47 Å². The van der Waals surface area contributed by atoms with Gasteiger partial charge in [0.15, 0.2) is 0 Å². The molecule has 0 bridgehead atoms. The third kappa shape index (κ3) is 5.01. The van der Waals surface area contributed by atoms with Crippen molar-refractivity contribution in [2.24, 2.45) is 29.6 Å². The van der Waals surface area contributed by atoms with Crippen LogP contribution in [0.4, 0.5) is 9.18 Å². The van der Waals surface area contributed by atoms with Gasteiger partial charge in [-0.15, -0.1) is 0 Å². The molecule has 1 aliphatic heterocycles. The summed E-state index contributed by atoms with van der Waals surface area (Å²) < 4.78 is 24.3. The van der Waals surface area contributed by atoms with Crippen molar-refractivity contribution in [1.29, 1.82) is 0 Å². The number of ether oxygens (including phenoxy) is 2. The molecule has 2 aliphatic carbocycles. The largest absolute Gasteiger partial charge is 0.462 e. The van der Waals surface area contributed by atoms with Crippen molar-refractivity contribution in [3.8, 4) is 11.1 Å². The predicted octanol–water partition coefficient (Wildman–Crippen LogP) is 5.63. The molecule has 7 atom stereocenters. The summed E-state index contributed by atoms with van der Waals surface area (Å²) in [5.41, 5.74) is 2.48. The Morgan fingerprint density at radius 2 is 2.08 bits per heavy atom. The average Bonchev–Trinajstić information content (AvgIpc) is 3.15. The maximum atomic E-state index is 13.6. The number of allylic oxidation sites excluding steroid dienone is 1. The number of carbonyl (C=O) groups excluding carboxylic acids is 2. The highest BCUT2D eigenvalue weighted by atomic mass is 19.1. The van der Waals surface area contributed by atoms with Crippen LogP contribution in [-0.4, -0.2) is 35.8 Å². The van der Waals surface area contributed by atoms with Crippen LogP contribution in [0.3, 0.4) is 0 Å². The molecule has 7 heteroatoms. The maximum Gasteiger partial charge on any atom is 0.407 e. The highest BCUT2D eigenvalue weighted by molar-refractivity contribution is 5.75. The number of alkyl carbamates (subject to hydrolysis) is 1. The standard InChI is InChI=1S/C29H33FN2O4/c1-3-35-29(34)32-23-10-11-24-20(14-23)15-26-27(17(2)36-28(26)33)25(24)12-9-22-8-7-19(16-31-22)18-5-4-6-21(30)13-18/h4-9,12-13,16-17,20,23-27H,3,10-11,14-15H2,1-2H3,(H,32,34)/b12-9+/t17-,20+,23-,24-,25+,26+,27+/m0/s1. The van der Waals surface area contributed by atoms with E-state index in [1.165, 1.54) is 12.1 Å². The lowest BCUT2D eigenvalue weighted by molar-refractivity contribution is -0.144. The Balaban J connectivity index is 1.34. The van der Waals surface area contributed by atoms with Crippen LogP contribution in [0.2, 0.25) is 0 Å². The number of amides is 1. The molecule has 2 saturated carbocycles. The van der Waals surface area contributed by atoms with Crippen molar-refractivity contribution in [1.82, 2.24) is 10.3 Å². The Morgan fingerprint density at radius 3 is 2.83 bits per heavy atom. The van der Waals surface area contributed by atoms with Crippen LogP contribution in [0.5, 0.6) is 0 Å². The van der Waals surface area contributed by atoms with Gasteiger partial charge in [0.25, 0.3) is 0 Å². The number of hydrogen-bond donors (Lipinski definition) is 1. The molecule has 1 saturated heterocycles. The van der Waals surface area contributed by atoms with Crippen molar-refractivity contribution in [2.45, 2.75) is 51.7 Å². The van der Waals surface area contributed by atoms with E-state index in [1.807, 2.05) is 31.2 Å². The average molecular weight is 493 g/mol. The Kier molecular flexibility index (Phi) is 7.08. The molecule has 0 spiro atoms. The summed E-state index contributed by atoms with van der Waals surface area (Å²) in [5.74, 6) is 0.629. The van der Waals surface area contributed by atoms with Crippen molar-refractivity contribution in [3.05, 3.63) is 60.2 Å². The van der Waals surface area contributed by atoms with Crippen molar-refractivity contribution in [3.63, 3.8) is 0 Å². The van der Waals surface area contributed by atoms with Gasteiger partial charge >= 0.3 is 12.1 Å². The topological polar surface area (TPSA) is 77.5 Å². The van der Waals surface area contributed by atoms with Gasteiger partial charge in [-0.05, 0) is 87.1 Å². The summed E-state index contributed by atoms with van der Waals surface area (Å²) in [7, 11) is 0. The second-order valence-electron chi connectivity index (χ2n) is 10.3. The van der Waals surface area contributed by atoms with Gasteiger partial charge in [-0.3, -0.25) is 9.78 Å². The first-order chi connectivity index (χ1) is 17.4. The molecule has 5 rings (SSSR count). The Morgan fingerprint density at radius 1 is 1.22 bits per heavy atom. The van der Waals surface area contributed by atoms with Crippen molar-refractivity contribution in [2.75, 3.05) is 6.61 Å². The molecule has 2 aromatic rings. The molecule has 2 heterocycles. The van der Waals surface area contributed by atoms with Gasteiger partial charge in [-0.1, -0.05) is 24.3 Å². The minimum atomic E-state index is -0.368. The van der Waals surface area contributed by atoms with Crippen LogP contribution < -0.4 is 5.32 Å². The second-order valence-corrected chi connectivity index (χ2v) is 10.3. The van der Waals surface area contributed by atoms with Crippen molar-refractivity contribution < 1.29 is 23.5 Å². The Bertz CT molecular complexity index is 1130. The molecular formula is C29H33FN2O4. The van der Waals surface area contributed by atoms with Gasteiger partial charge in [-0.25, -0.2) is 9.18 Å². The molecule has 1 aromatic carbocycles. The van der Waals surface area contributed by atoms with E-state index in [-0.39, 0.29) is 47.8 Å². The van der Waals surface area contributed by atoms with Gasteiger partial charge in [0.2, 0.25) is 0 Å². The van der Waals surface area contributed by atoms with Crippen LogP contribution in [0.25, 0.3) is 17.2 Å². The molecule has 0 radical (unpaired) electrons. The van der Waals surface area contributed by atoms with Crippen molar-refractivity contribution >= 4 is 18.1 Å². The lowest BCUT2D eigenvalue weighted by Crippen LogP contribution is -2.48. The number of hydrogen-bond acceptors (Lipinski definition) is 5. The van der Waals surface area contributed by atoms with Gasteiger partial charge < -0.3 is 14.8 Å². The van der Waals surface area contributed by atoms with E-state index in [9.17, 15) is 14.0 Å². The molecule has 36 heavy (non-hydrogen) atoms. The first kappa shape index (κ1) is 24.5. The van der Waals surface area contributed by atoms with E-state index in [0.29, 0.717) is 18.4 Å². The summed E-state index contributed by atoms with van der Waals surface area (Å²) >= 11 is 0. The molecule has 6 nitrogen and oxygen atoms in total. The van der Waals surface area contributed by atoms with Crippen LogP contribution in [0, 0.1) is 35.4 Å². The molecule has 3 aliphatic rings. The smallest absolute Gasteiger partial charge is 0.407 e. The molecule has 1 aromatic heterocycles. The van der Waals surface area contributed by atoms with E-state index < -0.39 is 0 Å². The zero-order valence-electron chi connectivity index (χ0n) is 20.7. The van der Waals surface area contributed by atoms with Crippen LogP contribution in [-0.2, 0) is 14.3 Å². The molecule has 190 valence electrons. The number of nitrogens with one attached hydrogen (secondary N) is 1. The van der Waals surface area contributed by atoms with Crippen LogP contribution in [0.15, 0.2) is 48.7 Å². The van der Waals surface area contributed by atoms with Gasteiger partial charge in [0, 0.05) is 23.7 Å². The number of aromatic nitrogens is 1. The number of esters is 1. The lowest BCUT2D eigenvalue weighted by atomic mass is 9.57.